The van der Waals surface area contributed by atoms with E-state index in [1.807, 2.05) is 20.8 Å². The van der Waals surface area contributed by atoms with Gasteiger partial charge in [0.25, 0.3) is 5.91 Å². The summed E-state index contributed by atoms with van der Waals surface area (Å²) in [7, 11) is 0. The van der Waals surface area contributed by atoms with Gasteiger partial charge in [-0.2, -0.15) is 0 Å². The molecule has 0 aliphatic rings. The molecular formula is C13H18N2O2. The number of amides is 2. The monoisotopic (exact) mass is 234 g/mol. The Morgan fingerprint density at radius 3 is 2.24 bits per heavy atom. The molecule has 0 saturated heterocycles. The molecule has 1 aromatic rings. The normalized spacial score (nSPS) is 10.8. The first-order valence-corrected chi connectivity index (χ1v) is 5.49. The molecule has 0 aliphatic heterocycles. The maximum absolute atomic E-state index is 12.0. The van der Waals surface area contributed by atoms with E-state index in [-0.39, 0.29) is 17.4 Å². The Balaban J connectivity index is 2.97. The van der Waals surface area contributed by atoms with Gasteiger partial charge >= 0.3 is 0 Å². The van der Waals surface area contributed by atoms with Crippen molar-refractivity contribution in [2.75, 3.05) is 5.32 Å². The number of anilines is 1. The average molecular weight is 234 g/mol. The van der Waals surface area contributed by atoms with Crippen LogP contribution in [-0.4, -0.2) is 17.4 Å². The topological polar surface area (TPSA) is 58.2 Å². The fraction of sp³-hybridized carbons (Fsp3) is 0.385. The fourth-order valence-corrected chi connectivity index (χ4v) is 1.39. The Bertz CT molecular complexity index is 433. The lowest BCUT2D eigenvalue weighted by molar-refractivity contribution is -0.114. The highest BCUT2D eigenvalue weighted by atomic mass is 16.2. The van der Waals surface area contributed by atoms with Crippen molar-refractivity contribution in [2.24, 2.45) is 0 Å². The highest BCUT2D eigenvalue weighted by Crippen LogP contribution is 2.16. The summed E-state index contributed by atoms with van der Waals surface area (Å²) in [6.45, 7) is 7.14. The molecule has 0 unspecified atom stereocenters. The van der Waals surface area contributed by atoms with E-state index in [9.17, 15) is 9.59 Å². The number of carbonyl (C=O) groups is 2. The number of carbonyl (C=O) groups excluding carboxylic acids is 2. The molecule has 0 heterocycles. The number of hydrogen-bond donors (Lipinski definition) is 2. The minimum Gasteiger partial charge on any atom is -0.347 e. The molecule has 0 aliphatic carbocycles. The Kier molecular flexibility index (Phi) is 3.89. The van der Waals surface area contributed by atoms with Gasteiger partial charge in [-0.25, -0.2) is 0 Å². The maximum Gasteiger partial charge on any atom is 0.253 e. The minimum absolute atomic E-state index is 0.193. The zero-order valence-corrected chi connectivity index (χ0v) is 10.6. The molecule has 1 aromatic carbocycles. The minimum atomic E-state index is -0.305. The summed E-state index contributed by atoms with van der Waals surface area (Å²) in [5.74, 6) is -0.386. The van der Waals surface area contributed by atoms with Crippen molar-refractivity contribution in [1.82, 2.24) is 5.32 Å². The van der Waals surface area contributed by atoms with Crippen LogP contribution in [0.15, 0.2) is 24.3 Å². The van der Waals surface area contributed by atoms with Crippen molar-refractivity contribution >= 4 is 17.5 Å². The molecule has 0 spiro atoms. The Morgan fingerprint density at radius 1 is 1.12 bits per heavy atom. The van der Waals surface area contributed by atoms with Crippen LogP contribution in [-0.2, 0) is 4.79 Å². The quantitative estimate of drug-likeness (QED) is 0.824. The third kappa shape index (κ3) is 4.26. The first-order chi connectivity index (χ1) is 7.79. The zero-order chi connectivity index (χ0) is 13.1. The van der Waals surface area contributed by atoms with Crippen molar-refractivity contribution < 1.29 is 9.59 Å². The summed E-state index contributed by atoms with van der Waals surface area (Å²) in [5, 5.41) is 5.50. The fourth-order valence-electron chi connectivity index (χ4n) is 1.39. The summed E-state index contributed by atoms with van der Waals surface area (Å²) in [6.07, 6.45) is 0. The van der Waals surface area contributed by atoms with Gasteiger partial charge in [-0.3, -0.25) is 9.59 Å². The largest absolute Gasteiger partial charge is 0.347 e. The Morgan fingerprint density at radius 2 is 1.71 bits per heavy atom. The van der Waals surface area contributed by atoms with Crippen LogP contribution in [0.2, 0.25) is 0 Å². The first-order valence-electron chi connectivity index (χ1n) is 5.49. The number of benzene rings is 1. The van der Waals surface area contributed by atoms with E-state index >= 15 is 0 Å². The van der Waals surface area contributed by atoms with E-state index < -0.39 is 0 Å². The molecule has 0 fully saturated rings. The summed E-state index contributed by atoms with van der Waals surface area (Å²) < 4.78 is 0. The molecule has 4 heteroatoms. The van der Waals surface area contributed by atoms with Crippen molar-refractivity contribution in [2.45, 2.75) is 33.2 Å². The third-order valence-corrected chi connectivity index (χ3v) is 1.97. The summed E-state index contributed by atoms with van der Waals surface area (Å²) >= 11 is 0. The second kappa shape index (κ2) is 4.99. The molecule has 4 nitrogen and oxygen atoms in total. The lowest BCUT2D eigenvalue weighted by Gasteiger charge is -2.21. The molecule has 2 N–H and O–H groups in total. The van der Waals surface area contributed by atoms with Crippen LogP contribution >= 0.6 is 0 Å². The smallest absolute Gasteiger partial charge is 0.253 e. The molecule has 2 amide bonds. The lowest BCUT2D eigenvalue weighted by atomic mass is 10.1. The van der Waals surface area contributed by atoms with E-state index in [2.05, 4.69) is 10.6 Å². The second-order valence-corrected chi connectivity index (χ2v) is 4.93. The molecule has 17 heavy (non-hydrogen) atoms. The van der Waals surface area contributed by atoms with Gasteiger partial charge < -0.3 is 10.6 Å². The number of para-hydroxylation sites is 1. The maximum atomic E-state index is 12.0. The standard InChI is InChI=1S/C13H18N2O2/c1-9(16)14-11-8-6-5-7-10(11)12(17)15-13(2,3)4/h5-8H,1-4H3,(H,14,16)(H,15,17). The van der Waals surface area contributed by atoms with Crippen LogP contribution in [0.1, 0.15) is 38.1 Å². The van der Waals surface area contributed by atoms with Gasteiger partial charge in [0.15, 0.2) is 0 Å². The Hall–Kier alpha value is -1.84. The van der Waals surface area contributed by atoms with E-state index in [1.54, 1.807) is 24.3 Å². The zero-order valence-electron chi connectivity index (χ0n) is 10.6. The van der Waals surface area contributed by atoms with Gasteiger partial charge in [0, 0.05) is 12.5 Å². The van der Waals surface area contributed by atoms with Crippen molar-refractivity contribution in [3.8, 4) is 0 Å². The predicted octanol–water partition coefficient (Wildman–Crippen LogP) is 2.17. The van der Waals surface area contributed by atoms with Gasteiger partial charge in [-0.1, -0.05) is 12.1 Å². The summed E-state index contributed by atoms with van der Waals surface area (Å²) in [4.78, 5) is 23.0. The molecule has 1 rings (SSSR count). The van der Waals surface area contributed by atoms with Gasteiger partial charge in [-0.05, 0) is 32.9 Å². The van der Waals surface area contributed by atoms with E-state index in [1.165, 1.54) is 6.92 Å². The molecule has 0 aromatic heterocycles. The molecule has 0 atom stereocenters. The highest BCUT2D eigenvalue weighted by molar-refractivity contribution is 6.03. The van der Waals surface area contributed by atoms with Crippen LogP contribution in [0.3, 0.4) is 0 Å². The summed E-state index contributed by atoms with van der Waals surface area (Å²) in [5.41, 5.74) is 0.694. The van der Waals surface area contributed by atoms with Crippen LogP contribution in [0.5, 0.6) is 0 Å². The van der Waals surface area contributed by atoms with Gasteiger partial charge in [0.1, 0.15) is 0 Å². The first kappa shape index (κ1) is 13.2. The van der Waals surface area contributed by atoms with Crippen LogP contribution in [0.4, 0.5) is 5.69 Å². The van der Waals surface area contributed by atoms with Crippen LogP contribution in [0.25, 0.3) is 0 Å². The van der Waals surface area contributed by atoms with Crippen molar-refractivity contribution in [1.29, 1.82) is 0 Å². The predicted molar refractivity (Wildman–Crippen MR) is 68.0 cm³/mol. The number of rotatable bonds is 2. The molecule has 0 radical (unpaired) electrons. The second-order valence-electron chi connectivity index (χ2n) is 4.93. The van der Waals surface area contributed by atoms with E-state index in [0.29, 0.717) is 11.3 Å². The molecule has 92 valence electrons. The van der Waals surface area contributed by atoms with E-state index in [0.717, 1.165) is 0 Å². The SMILES string of the molecule is CC(=O)Nc1ccccc1C(=O)NC(C)(C)C. The number of nitrogens with one attached hydrogen (secondary N) is 2. The Labute approximate surface area is 101 Å². The van der Waals surface area contributed by atoms with E-state index in [4.69, 9.17) is 0 Å². The van der Waals surface area contributed by atoms with Crippen LogP contribution < -0.4 is 10.6 Å². The highest BCUT2D eigenvalue weighted by Gasteiger charge is 2.17. The summed E-state index contributed by atoms with van der Waals surface area (Å²) in [6, 6.07) is 6.94. The molecule has 0 bridgehead atoms. The molecular weight excluding hydrogens is 216 g/mol. The van der Waals surface area contributed by atoms with Crippen LogP contribution in [0, 0.1) is 0 Å². The lowest BCUT2D eigenvalue weighted by Crippen LogP contribution is -2.40. The van der Waals surface area contributed by atoms with Gasteiger partial charge in [0.05, 0.1) is 11.3 Å². The number of hydrogen-bond acceptors (Lipinski definition) is 2. The molecule has 0 saturated carbocycles. The van der Waals surface area contributed by atoms with Gasteiger partial charge in [0.2, 0.25) is 5.91 Å². The van der Waals surface area contributed by atoms with Crippen molar-refractivity contribution in [3.63, 3.8) is 0 Å². The van der Waals surface area contributed by atoms with Gasteiger partial charge in [-0.15, -0.1) is 0 Å². The third-order valence-electron chi connectivity index (χ3n) is 1.97. The van der Waals surface area contributed by atoms with Crippen molar-refractivity contribution in [3.05, 3.63) is 29.8 Å². The average Bonchev–Trinajstić information content (AvgIpc) is 2.14.